The molecular weight excluding hydrogens is 564 g/mol. The number of alkyl halides is 2. The summed E-state index contributed by atoms with van der Waals surface area (Å²) in [5, 5.41) is 9.86. The molecule has 2 amide bonds. The normalized spacial score (nSPS) is 12.5. The molecule has 3 rings (SSSR count). The average Bonchev–Trinajstić information content (AvgIpc) is 2.82. The van der Waals surface area contributed by atoms with Crippen LogP contribution in [0.25, 0.3) is 0 Å². The van der Waals surface area contributed by atoms with Gasteiger partial charge in [0.2, 0.25) is 5.91 Å². The second-order valence-electron chi connectivity index (χ2n) is 8.14. The number of rotatable bonds is 9. The first kappa shape index (κ1) is 28.4. The Bertz CT molecular complexity index is 1250. The molecule has 5 nitrogen and oxygen atoms in total. The Hall–Kier alpha value is -2.15. The van der Waals surface area contributed by atoms with Crippen LogP contribution >= 0.6 is 58.0 Å². The number of aryl methyl sites for hydroxylation is 1. The minimum Gasteiger partial charge on any atom is -0.388 e. The van der Waals surface area contributed by atoms with Gasteiger partial charge in [-0.15, -0.1) is 23.2 Å². The molecule has 0 spiro atoms. The lowest BCUT2D eigenvalue weighted by molar-refractivity contribution is -0.119. The largest absolute Gasteiger partial charge is 0.388 e. The topological polar surface area (TPSA) is 70.2 Å². The van der Waals surface area contributed by atoms with E-state index in [2.05, 4.69) is 16.0 Å². The molecule has 0 aliphatic rings. The van der Waals surface area contributed by atoms with E-state index in [1.807, 2.05) is 26.1 Å². The van der Waals surface area contributed by atoms with Gasteiger partial charge < -0.3 is 16.0 Å². The number of nitrogens with one attached hydrogen (secondary N) is 3. The van der Waals surface area contributed by atoms with E-state index in [1.54, 1.807) is 36.4 Å². The van der Waals surface area contributed by atoms with Crippen molar-refractivity contribution < 1.29 is 9.59 Å². The van der Waals surface area contributed by atoms with Crippen LogP contribution in [0, 0.1) is 12.8 Å². The Morgan fingerprint density at radius 2 is 1.47 bits per heavy atom. The summed E-state index contributed by atoms with van der Waals surface area (Å²) < 4.78 is 0. The van der Waals surface area contributed by atoms with E-state index in [0.717, 1.165) is 11.3 Å². The molecule has 0 aliphatic carbocycles. The van der Waals surface area contributed by atoms with Crippen LogP contribution in [0.2, 0.25) is 15.1 Å². The maximum atomic E-state index is 13.2. The van der Waals surface area contributed by atoms with E-state index >= 15 is 0 Å². The van der Waals surface area contributed by atoms with Gasteiger partial charge >= 0.3 is 0 Å². The van der Waals surface area contributed by atoms with Crippen molar-refractivity contribution in [2.45, 2.75) is 12.8 Å². The van der Waals surface area contributed by atoms with Crippen molar-refractivity contribution in [3.8, 4) is 0 Å². The summed E-state index contributed by atoms with van der Waals surface area (Å²) in [7, 11) is 1.83. The molecule has 190 valence electrons. The number of hydrogen-bond donors (Lipinski definition) is 3. The molecule has 0 bridgehead atoms. The smallest absolute Gasteiger partial charge is 0.257 e. The van der Waals surface area contributed by atoms with E-state index < -0.39 is 17.7 Å². The summed E-state index contributed by atoms with van der Waals surface area (Å²) in [4.78, 5) is 26.1. The highest BCUT2D eigenvalue weighted by Gasteiger charge is 2.29. The van der Waals surface area contributed by atoms with E-state index in [1.165, 1.54) is 6.07 Å². The molecule has 0 radical (unpaired) electrons. The van der Waals surface area contributed by atoms with E-state index in [0.29, 0.717) is 27.0 Å². The van der Waals surface area contributed by atoms with Gasteiger partial charge in [0.05, 0.1) is 16.5 Å². The Kier molecular flexibility index (Phi) is 10.2. The summed E-state index contributed by atoms with van der Waals surface area (Å²) in [5.74, 6) is -1.75. The second kappa shape index (κ2) is 12.9. The fourth-order valence-electron chi connectivity index (χ4n) is 3.81. The van der Waals surface area contributed by atoms with Crippen molar-refractivity contribution in [1.82, 2.24) is 0 Å². The summed E-state index contributed by atoms with van der Waals surface area (Å²) in [6, 6.07) is 15.2. The lowest BCUT2D eigenvalue weighted by Gasteiger charge is -2.24. The van der Waals surface area contributed by atoms with Crippen LogP contribution in [0.1, 0.15) is 27.4 Å². The number of benzene rings is 3. The van der Waals surface area contributed by atoms with Crippen molar-refractivity contribution >= 4 is 86.9 Å². The van der Waals surface area contributed by atoms with Crippen LogP contribution in [0.3, 0.4) is 0 Å². The molecule has 2 atom stereocenters. The van der Waals surface area contributed by atoms with Gasteiger partial charge in [-0.3, -0.25) is 9.59 Å². The van der Waals surface area contributed by atoms with Crippen LogP contribution in [-0.2, 0) is 4.79 Å². The molecular formula is C26H24Cl5N3O2. The average molecular weight is 588 g/mol. The van der Waals surface area contributed by atoms with Gasteiger partial charge in [0, 0.05) is 51.8 Å². The van der Waals surface area contributed by atoms with Crippen molar-refractivity contribution in [2.75, 3.05) is 34.8 Å². The Morgan fingerprint density at radius 3 is 2.06 bits per heavy atom. The SMILES string of the molecule is CNc1ccc(NC(=O)c2cc(NC(=O)C(CCl)C(CCl)c3cc(Cl)cc(Cl)c3)ccc2Cl)cc1C. The molecule has 3 aromatic rings. The second-order valence-corrected chi connectivity index (χ2v) is 10.0. The minimum absolute atomic E-state index is 0.0102. The predicted octanol–water partition coefficient (Wildman–Crippen LogP) is 8.07. The van der Waals surface area contributed by atoms with Gasteiger partial charge in [0.25, 0.3) is 5.91 Å². The quantitative estimate of drug-likeness (QED) is 0.222. The molecule has 0 fully saturated rings. The molecule has 10 heteroatoms. The molecule has 0 heterocycles. The van der Waals surface area contributed by atoms with Gasteiger partial charge in [0.15, 0.2) is 0 Å². The van der Waals surface area contributed by atoms with Crippen molar-refractivity contribution in [1.29, 1.82) is 0 Å². The van der Waals surface area contributed by atoms with Gasteiger partial charge in [-0.2, -0.15) is 0 Å². The monoisotopic (exact) mass is 585 g/mol. The number of amides is 2. The summed E-state index contributed by atoms with van der Waals surface area (Å²) in [6.07, 6.45) is 0. The Morgan fingerprint density at radius 1 is 0.833 bits per heavy atom. The number of anilines is 3. The number of hydrogen-bond acceptors (Lipinski definition) is 3. The fourth-order valence-corrected chi connectivity index (χ4v) is 5.31. The lowest BCUT2D eigenvalue weighted by Crippen LogP contribution is -2.30. The van der Waals surface area contributed by atoms with Gasteiger partial charge in [-0.05, 0) is 72.6 Å². The molecule has 0 saturated heterocycles. The molecule has 0 aliphatic heterocycles. The number of carbonyl (C=O) groups excluding carboxylic acids is 2. The van der Waals surface area contributed by atoms with Crippen molar-refractivity contribution in [3.05, 3.63) is 86.4 Å². The highest BCUT2D eigenvalue weighted by atomic mass is 35.5. The summed E-state index contributed by atoms with van der Waals surface area (Å²) in [5.41, 5.74) is 3.87. The summed E-state index contributed by atoms with van der Waals surface area (Å²) >= 11 is 31.0. The molecule has 2 unspecified atom stereocenters. The Labute approximate surface area is 235 Å². The van der Waals surface area contributed by atoms with Crippen LogP contribution in [-0.4, -0.2) is 30.6 Å². The van der Waals surface area contributed by atoms with Gasteiger partial charge in [0.1, 0.15) is 0 Å². The number of carbonyl (C=O) groups is 2. The van der Waals surface area contributed by atoms with Crippen LogP contribution < -0.4 is 16.0 Å². The molecule has 0 aromatic heterocycles. The van der Waals surface area contributed by atoms with Crippen molar-refractivity contribution in [2.24, 2.45) is 5.92 Å². The first-order valence-corrected chi connectivity index (χ1v) is 13.1. The lowest BCUT2D eigenvalue weighted by atomic mass is 9.88. The zero-order valence-corrected chi connectivity index (χ0v) is 23.3. The maximum absolute atomic E-state index is 13.2. The molecule has 0 saturated carbocycles. The minimum atomic E-state index is -0.680. The van der Waals surface area contributed by atoms with Gasteiger partial charge in [-0.1, -0.05) is 34.8 Å². The maximum Gasteiger partial charge on any atom is 0.257 e. The van der Waals surface area contributed by atoms with Crippen LogP contribution in [0.4, 0.5) is 17.1 Å². The van der Waals surface area contributed by atoms with Crippen molar-refractivity contribution in [3.63, 3.8) is 0 Å². The molecule has 3 aromatic carbocycles. The molecule has 36 heavy (non-hydrogen) atoms. The van der Waals surface area contributed by atoms with Crippen LogP contribution in [0.15, 0.2) is 54.6 Å². The Balaban J connectivity index is 1.80. The predicted molar refractivity (Wildman–Crippen MR) is 153 cm³/mol. The fraction of sp³-hybridized carbons (Fsp3) is 0.231. The third-order valence-electron chi connectivity index (χ3n) is 5.70. The highest BCUT2D eigenvalue weighted by molar-refractivity contribution is 6.35. The van der Waals surface area contributed by atoms with Crippen LogP contribution in [0.5, 0.6) is 0 Å². The summed E-state index contributed by atoms with van der Waals surface area (Å²) in [6.45, 7) is 1.93. The van der Waals surface area contributed by atoms with E-state index in [9.17, 15) is 9.59 Å². The first-order valence-electron chi connectivity index (χ1n) is 10.9. The van der Waals surface area contributed by atoms with E-state index in [-0.39, 0.29) is 28.3 Å². The highest BCUT2D eigenvalue weighted by Crippen LogP contribution is 2.33. The number of halogens is 5. The van der Waals surface area contributed by atoms with E-state index in [4.69, 9.17) is 58.0 Å². The third kappa shape index (κ3) is 6.99. The standard InChI is InChI=1S/C26H24Cl5N3O2/c1-14-7-18(4-6-24(14)32-2)33-25(35)20-11-19(3-5-23(20)31)34-26(36)22(13-28)21(12-27)15-8-16(29)10-17(30)9-15/h3-11,21-22,32H,12-13H2,1-2H3,(H,33,35)(H,34,36). The third-order valence-corrected chi connectivity index (χ3v) is 7.13. The zero-order valence-electron chi connectivity index (χ0n) is 19.5. The van der Waals surface area contributed by atoms with Gasteiger partial charge in [-0.25, -0.2) is 0 Å². The molecule has 3 N–H and O–H groups in total. The zero-order chi connectivity index (χ0) is 26.4. The first-order chi connectivity index (χ1) is 17.2.